The smallest absolute Gasteiger partial charge is 0.101 e. The van der Waals surface area contributed by atoms with Gasteiger partial charge in [-0.05, 0) is 173 Å². The molecule has 0 aliphatic heterocycles. The van der Waals surface area contributed by atoms with E-state index in [2.05, 4.69) is 70.2 Å². The van der Waals surface area contributed by atoms with Crippen molar-refractivity contribution in [1.82, 2.24) is 14.1 Å². The highest BCUT2D eigenvalue weighted by atomic mass is 15.0. The van der Waals surface area contributed by atoms with Crippen LogP contribution >= 0.6 is 0 Å². The Kier molecular flexibility index (Phi) is 11.8. The van der Waals surface area contributed by atoms with Crippen LogP contribution in [0.3, 0.4) is 0 Å². The Balaban J connectivity index is 1.14. The SMILES string of the molecule is N#CC1=CC(c2ccc3c(c2)c2cc(-c4cc(C#N)cc(C#N)c4)ccc2n3-c2cc(C#N)c(-n3c4ccc(-c5cc(C#N)cc(C#N)c5)cc4c4cc(-c5cc(C#N)cc(C#N)c5)ccc43)cc2-c2cccnc2)CC(C#N)=C1. The van der Waals surface area contributed by atoms with Gasteiger partial charge in [-0.15, -0.1) is 0 Å². The van der Waals surface area contributed by atoms with Gasteiger partial charge >= 0.3 is 0 Å². The van der Waals surface area contributed by atoms with Crippen LogP contribution in [0.15, 0.2) is 187 Å². The van der Waals surface area contributed by atoms with E-state index in [0.717, 1.165) is 77.0 Å². The first-order chi connectivity index (χ1) is 39.2. The average molecular weight is 1020 g/mol. The Hall–Kier alpha value is -12.6. The molecule has 0 bridgehead atoms. The molecule has 364 valence electrons. The molecule has 0 fully saturated rings. The van der Waals surface area contributed by atoms with Gasteiger partial charge in [0.15, 0.2) is 0 Å². The Bertz CT molecular complexity index is 4810. The summed E-state index contributed by atoms with van der Waals surface area (Å²) in [7, 11) is 0. The van der Waals surface area contributed by atoms with Crippen LogP contribution < -0.4 is 0 Å². The van der Waals surface area contributed by atoms with Gasteiger partial charge in [0.1, 0.15) is 6.07 Å². The van der Waals surface area contributed by atoms with Crippen LogP contribution in [0.25, 0.3) is 99.5 Å². The van der Waals surface area contributed by atoms with Crippen molar-refractivity contribution in [2.24, 2.45) is 0 Å². The second-order valence-electron chi connectivity index (χ2n) is 19.3. The summed E-state index contributed by atoms with van der Waals surface area (Å²) in [6, 6.07) is 66.7. The van der Waals surface area contributed by atoms with Gasteiger partial charge in [-0.2, -0.15) is 47.4 Å². The van der Waals surface area contributed by atoms with Crippen LogP contribution in [0.2, 0.25) is 0 Å². The molecule has 0 radical (unpaired) electrons. The van der Waals surface area contributed by atoms with Crippen LogP contribution in [-0.4, -0.2) is 14.1 Å². The number of pyridine rings is 1. The van der Waals surface area contributed by atoms with E-state index in [1.165, 1.54) is 0 Å². The minimum Gasteiger partial charge on any atom is -0.309 e. The summed E-state index contributed by atoms with van der Waals surface area (Å²) in [4.78, 5) is 4.57. The number of rotatable bonds is 7. The van der Waals surface area contributed by atoms with Crippen LogP contribution in [-0.2, 0) is 0 Å². The molecular formula is C68H32N12. The molecule has 12 heteroatoms. The van der Waals surface area contributed by atoms with Crippen LogP contribution in [0.4, 0.5) is 0 Å². The Morgan fingerprint density at radius 3 is 1.25 bits per heavy atom. The maximum atomic E-state index is 11.5. The predicted molar refractivity (Wildman–Crippen MR) is 302 cm³/mol. The van der Waals surface area contributed by atoms with E-state index in [9.17, 15) is 47.4 Å². The molecule has 8 aromatic carbocycles. The molecule has 0 N–H and O–H groups in total. The van der Waals surface area contributed by atoms with Crippen LogP contribution in [0, 0.1) is 102 Å². The third-order valence-electron chi connectivity index (χ3n) is 14.7. The minimum absolute atomic E-state index is 0.273. The van der Waals surface area contributed by atoms with E-state index in [4.69, 9.17) is 0 Å². The number of allylic oxidation sites excluding steroid dienone is 4. The summed E-state index contributed by atoms with van der Waals surface area (Å²) in [6.07, 6.45) is 7.38. The molecule has 0 saturated heterocycles. The maximum absolute atomic E-state index is 11.5. The number of nitrogens with zero attached hydrogens (tertiary/aromatic N) is 12. The van der Waals surface area contributed by atoms with Gasteiger partial charge in [-0.25, -0.2) is 0 Å². The third kappa shape index (κ3) is 8.24. The Morgan fingerprint density at radius 1 is 0.388 bits per heavy atom. The second-order valence-corrected chi connectivity index (χ2v) is 19.3. The zero-order valence-corrected chi connectivity index (χ0v) is 41.9. The number of hydrogen-bond donors (Lipinski definition) is 0. The molecule has 1 aliphatic rings. The van der Waals surface area contributed by atoms with E-state index in [1.54, 1.807) is 73.1 Å². The molecular weight excluding hydrogens is 985 g/mol. The number of aromatic nitrogens is 3. The van der Waals surface area contributed by atoms with Crippen molar-refractivity contribution in [2.75, 3.05) is 0 Å². The quantitative estimate of drug-likeness (QED) is 0.146. The molecule has 11 aromatic rings. The van der Waals surface area contributed by atoms with E-state index >= 15 is 0 Å². The topological polar surface area (TPSA) is 237 Å². The van der Waals surface area contributed by atoms with Crippen molar-refractivity contribution in [2.45, 2.75) is 12.3 Å². The van der Waals surface area contributed by atoms with Gasteiger partial charge in [0, 0.05) is 62.1 Å². The molecule has 3 heterocycles. The summed E-state index contributed by atoms with van der Waals surface area (Å²) in [5.41, 5.74) is 14.2. The van der Waals surface area contributed by atoms with Gasteiger partial charge in [0.05, 0.1) is 121 Å². The fourth-order valence-electron chi connectivity index (χ4n) is 11.1. The molecule has 12 nitrogen and oxygen atoms in total. The second kappa shape index (κ2) is 19.6. The Morgan fingerprint density at radius 2 is 0.838 bits per heavy atom. The number of nitriles is 9. The number of benzene rings is 8. The predicted octanol–water partition coefficient (Wildman–Crippen LogP) is 14.4. The highest BCUT2D eigenvalue weighted by Gasteiger charge is 2.25. The molecule has 0 amide bonds. The van der Waals surface area contributed by atoms with Crippen LogP contribution in [0.5, 0.6) is 0 Å². The summed E-state index contributed by atoms with van der Waals surface area (Å²) in [5.74, 6) is -0.273. The molecule has 80 heavy (non-hydrogen) atoms. The zero-order valence-electron chi connectivity index (χ0n) is 41.9. The molecule has 0 spiro atoms. The Labute approximate surface area is 457 Å². The number of hydrogen-bond acceptors (Lipinski definition) is 10. The van der Waals surface area contributed by atoms with Gasteiger partial charge in [-0.1, -0.05) is 36.4 Å². The molecule has 1 aliphatic carbocycles. The summed E-state index contributed by atoms with van der Waals surface area (Å²) in [6.45, 7) is 0. The van der Waals surface area contributed by atoms with Gasteiger partial charge in [0.25, 0.3) is 0 Å². The fourth-order valence-corrected chi connectivity index (χ4v) is 11.1. The fraction of sp³-hybridized carbons (Fsp3) is 0.0294. The largest absolute Gasteiger partial charge is 0.309 e. The van der Waals surface area contributed by atoms with E-state index in [-0.39, 0.29) is 5.92 Å². The molecule has 1 unspecified atom stereocenters. The number of fused-ring (bicyclic) bond motifs is 6. The summed E-state index contributed by atoms with van der Waals surface area (Å²) >= 11 is 0. The van der Waals surface area contributed by atoms with Gasteiger partial charge in [-0.3, -0.25) is 4.98 Å². The normalized spacial score (nSPS) is 12.6. The first kappa shape index (κ1) is 48.3. The lowest BCUT2D eigenvalue weighted by Crippen LogP contribution is -2.04. The average Bonchev–Trinajstić information content (AvgIpc) is 4.24. The lowest BCUT2D eigenvalue weighted by Gasteiger charge is -2.19. The lowest BCUT2D eigenvalue weighted by atomic mass is 9.85. The summed E-state index contributed by atoms with van der Waals surface area (Å²) < 4.78 is 4.17. The van der Waals surface area contributed by atoms with E-state index in [1.807, 2.05) is 102 Å². The van der Waals surface area contributed by atoms with Crippen molar-refractivity contribution in [3.8, 4) is 111 Å². The van der Waals surface area contributed by atoms with Crippen molar-refractivity contribution in [1.29, 1.82) is 47.4 Å². The molecule has 12 rings (SSSR count). The van der Waals surface area contributed by atoms with Crippen molar-refractivity contribution < 1.29 is 0 Å². The molecule has 1 atom stereocenters. The molecule has 0 saturated carbocycles. The van der Waals surface area contributed by atoms with Crippen molar-refractivity contribution in [3.63, 3.8) is 0 Å². The highest BCUT2D eigenvalue weighted by Crippen LogP contribution is 2.44. The van der Waals surface area contributed by atoms with E-state index in [0.29, 0.717) is 84.6 Å². The first-order valence-corrected chi connectivity index (χ1v) is 24.9. The maximum Gasteiger partial charge on any atom is 0.101 e. The third-order valence-corrected chi connectivity index (χ3v) is 14.7. The summed E-state index contributed by atoms with van der Waals surface area (Å²) in [5, 5.41) is 94.3. The van der Waals surface area contributed by atoms with Gasteiger partial charge in [0.2, 0.25) is 0 Å². The van der Waals surface area contributed by atoms with Crippen molar-refractivity contribution in [3.05, 3.63) is 232 Å². The standard InChI is InChI=1S/C68H32N12/c69-30-40-12-41(31-70)17-53(16-40)48-3-7-63-59(24-48)60-25-49(54-18-42(32-71)13-43(19-54)33-72)4-8-64(60)79(63)67-29-58(52-2-1-11-78-39-52)68(28-57(67)38-77)80-65-9-5-50(55-20-44(34-73)14-45(21-55)35-74)26-61(65)62-27-51(6-10-66(62)80)56-22-46(36-75)15-47(23-56)37-76/h1-22,24-29,39,56H,23H2. The first-order valence-electron chi connectivity index (χ1n) is 24.9. The van der Waals surface area contributed by atoms with Crippen LogP contribution in [0.1, 0.15) is 56.8 Å². The highest BCUT2D eigenvalue weighted by molar-refractivity contribution is 6.13. The monoisotopic (exact) mass is 1020 g/mol. The van der Waals surface area contributed by atoms with Crippen molar-refractivity contribution >= 4 is 43.6 Å². The lowest BCUT2D eigenvalue weighted by molar-refractivity contribution is 0.827. The minimum atomic E-state index is -0.273. The zero-order chi connectivity index (χ0) is 55.2. The van der Waals surface area contributed by atoms with Gasteiger partial charge < -0.3 is 9.13 Å². The molecule has 3 aromatic heterocycles. The van der Waals surface area contributed by atoms with E-state index < -0.39 is 0 Å².